The second-order valence-corrected chi connectivity index (χ2v) is 11.6. The number of aryl methyl sites for hydroxylation is 1. The Balaban J connectivity index is 1.33. The number of rotatable bonds is 18. The Morgan fingerprint density at radius 2 is 1.26 bits per heavy atom. The highest BCUT2D eigenvalue weighted by Gasteiger charge is 2.40. The van der Waals surface area contributed by atoms with Gasteiger partial charge in [-0.15, -0.1) is 0 Å². The molecule has 0 fully saturated rings. The first kappa shape index (κ1) is 29.3. The van der Waals surface area contributed by atoms with Crippen LogP contribution in [0.4, 0.5) is 0 Å². The van der Waals surface area contributed by atoms with Gasteiger partial charge in [-0.2, -0.15) is 0 Å². The van der Waals surface area contributed by atoms with Crippen LogP contribution in [0.25, 0.3) is 11.4 Å². The molecule has 0 saturated heterocycles. The van der Waals surface area contributed by atoms with Gasteiger partial charge >= 0.3 is 0 Å². The van der Waals surface area contributed by atoms with Crippen LogP contribution < -0.4 is 4.74 Å². The average molecular weight is 527 g/mol. The minimum absolute atomic E-state index is 0.270. The van der Waals surface area contributed by atoms with Crippen molar-refractivity contribution in [2.75, 3.05) is 0 Å². The van der Waals surface area contributed by atoms with Crippen LogP contribution in [0.15, 0.2) is 60.9 Å². The average Bonchev–Trinajstić information content (AvgIpc) is 3.36. The zero-order chi connectivity index (χ0) is 27.2. The van der Waals surface area contributed by atoms with E-state index in [2.05, 4.69) is 62.4 Å². The van der Waals surface area contributed by atoms with Gasteiger partial charge in [0.2, 0.25) is 0 Å². The lowest BCUT2D eigenvalue weighted by Crippen LogP contribution is -2.31. The van der Waals surface area contributed by atoms with Crippen LogP contribution in [-0.4, -0.2) is 9.97 Å². The Bertz CT molecular complexity index is 1060. The molecule has 0 spiro atoms. The van der Waals surface area contributed by atoms with E-state index in [4.69, 9.17) is 14.7 Å². The minimum atomic E-state index is -0.270. The van der Waals surface area contributed by atoms with Gasteiger partial charge < -0.3 is 4.74 Å². The predicted molar refractivity (Wildman–Crippen MR) is 164 cm³/mol. The first-order valence-corrected chi connectivity index (χ1v) is 15.9. The van der Waals surface area contributed by atoms with Crippen LogP contribution in [0.5, 0.6) is 5.75 Å². The summed E-state index contributed by atoms with van der Waals surface area (Å²) in [5.41, 5.74) is 4.64. The number of nitrogens with zero attached hydrogens (tertiary/aromatic N) is 2. The van der Waals surface area contributed by atoms with Crippen LogP contribution in [0, 0.1) is 0 Å². The molecule has 3 heteroatoms. The van der Waals surface area contributed by atoms with E-state index in [0.29, 0.717) is 0 Å². The van der Waals surface area contributed by atoms with Gasteiger partial charge in [0.15, 0.2) is 5.82 Å². The van der Waals surface area contributed by atoms with E-state index in [9.17, 15) is 0 Å². The second-order valence-electron chi connectivity index (χ2n) is 11.6. The maximum Gasteiger partial charge on any atom is 0.159 e. The molecular formula is C36H50N2O. The molecule has 39 heavy (non-hydrogen) atoms. The second kappa shape index (κ2) is 15.8. The van der Waals surface area contributed by atoms with Crippen LogP contribution in [-0.2, 0) is 18.4 Å². The van der Waals surface area contributed by atoms with Gasteiger partial charge in [0, 0.05) is 24.4 Å². The van der Waals surface area contributed by atoms with Crippen molar-refractivity contribution in [2.45, 2.75) is 129 Å². The Kier molecular flexibility index (Phi) is 11.9. The monoisotopic (exact) mass is 526 g/mol. The van der Waals surface area contributed by atoms with Crippen LogP contribution in [0.2, 0.25) is 0 Å². The molecule has 210 valence electrons. The third-order valence-electron chi connectivity index (χ3n) is 8.38. The first-order chi connectivity index (χ1) is 19.2. The molecule has 3 aromatic rings. The molecule has 1 unspecified atom stereocenters. The molecule has 0 amide bonds. The first-order valence-electron chi connectivity index (χ1n) is 15.9. The fourth-order valence-corrected chi connectivity index (χ4v) is 5.96. The molecule has 1 aliphatic heterocycles. The van der Waals surface area contributed by atoms with E-state index in [1.165, 1.54) is 107 Å². The number of ether oxygens (including phenoxy) is 1. The van der Waals surface area contributed by atoms with Crippen molar-refractivity contribution in [1.29, 1.82) is 0 Å². The van der Waals surface area contributed by atoms with Gasteiger partial charge in [0.1, 0.15) is 11.4 Å². The van der Waals surface area contributed by atoms with Crippen LogP contribution in [0.1, 0.15) is 127 Å². The van der Waals surface area contributed by atoms with Crippen molar-refractivity contribution in [1.82, 2.24) is 9.97 Å². The summed E-state index contributed by atoms with van der Waals surface area (Å²) >= 11 is 0. The van der Waals surface area contributed by atoms with E-state index < -0.39 is 0 Å². The smallest absolute Gasteiger partial charge is 0.159 e. The highest BCUT2D eigenvalue weighted by molar-refractivity contribution is 5.56. The Morgan fingerprint density at radius 1 is 0.667 bits per heavy atom. The Labute approximate surface area is 237 Å². The number of benzene rings is 2. The molecule has 2 aromatic carbocycles. The van der Waals surface area contributed by atoms with E-state index in [0.717, 1.165) is 36.4 Å². The van der Waals surface area contributed by atoms with Crippen molar-refractivity contribution in [2.24, 2.45) is 0 Å². The number of aromatic nitrogens is 2. The molecule has 0 aliphatic carbocycles. The Hall–Kier alpha value is -2.68. The highest BCUT2D eigenvalue weighted by atomic mass is 16.5. The lowest BCUT2D eigenvalue weighted by molar-refractivity contribution is 0.0791. The SMILES string of the molecule is CCCCCCCCCCc1cnc(-c2ccc(C3(CCCCCCCC)Cc4ccccc4O3)cc2)nc1. The van der Waals surface area contributed by atoms with Crippen molar-refractivity contribution in [3.05, 3.63) is 77.6 Å². The fraction of sp³-hybridized carbons (Fsp3) is 0.556. The van der Waals surface area contributed by atoms with Crippen molar-refractivity contribution in [3.8, 4) is 17.1 Å². The molecule has 1 atom stereocenters. The molecule has 1 aliphatic rings. The number of hydrogen-bond donors (Lipinski definition) is 0. The zero-order valence-electron chi connectivity index (χ0n) is 24.6. The van der Waals surface area contributed by atoms with Gasteiger partial charge in [-0.05, 0) is 48.4 Å². The molecule has 4 rings (SSSR count). The third-order valence-corrected chi connectivity index (χ3v) is 8.38. The standard InChI is InChI=1S/C36H50N2O/c1-3-5-7-9-11-12-13-15-19-30-28-37-35(38-29-30)31-22-24-33(25-23-31)36(26-18-14-10-8-6-4-2)27-32-20-16-17-21-34(32)39-36/h16-17,20-25,28-29H,3-15,18-19,26-27H2,1-2H3. The summed E-state index contributed by atoms with van der Waals surface area (Å²) in [4.78, 5) is 9.43. The predicted octanol–water partition coefficient (Wildman–Crippen LogP) is 10.4. The van der Waals surface area contributed by atoms with E-state index in [-0.39, 0.29) is 5.60 Å². The van der Waals surface area contributed by atoms with Gasteiger partial charge in [0.25, 0.3) is 0 Å². The number of unbranched alkanes of at least 4 members (excludes halogenated alkanes) is 12. The lowest BCUT2D eigenvalue weighted by Gasteiger charge is -2.30. The highest BCUT2D eigenvalue weighted by Crippen LogP contribution is 2.44. The normalized spacial score (nSPS) is 16.3. The number of hydrogen-bond acceptors (Lipinski definition) is 3. The summed E-state index contributed by atoms with van der Waals surface area (Å²) in [6.07, 6.45) is 25.7. The summed E-state index contributed by atoms with van der Waals surface area (Å²) in [5.74, 6) is 1.85. The summed E-state index contributed by atoms with van der Waals surface area (Å²) in [5, 5.41) is 0. The Morgan fingerprint density at radius 3 is 1.90 bits per heavy atom. The van der Waals surface area contributed by atoms with E-state index >= 15 is 0 Å². The van der Waals surface area contributed by atoms with Crippen molar-refractivity contribution in [3.63, 3.8) is 0 Å². The lowest BCUT2D eigenvalue weighted by atomic mass is 9.84. The molecule has 2 heterocycles. The van der Waals surface area contributed by atoms with Crippen LogP contribution in [0.3, 0.4) is 0 Å². The molecule has 0 bridgehead atoms. The summed E-state index contributed by atoms with van der Waals surface area (Å²) in [6, 6.07) is 17.4. The van der Waals surface area contributed by atoms with Crippen molar-refractivity contribution >= 4 is 0 Å². The molecule has 0 N–H and O–H groups in total. The third kappa shape index (κ3) is 8.65. The molecule has 3 nitrogen and oxygen atoms in total. The largest absolute Gasteiger partial charge is 0.482 e. The number of para-hydroxylation sites is 1. The van der Waals surface area contributed by atoms with Gasteiger partial charge in [-0.25, -0.2) is 9.97 Å². The fourth-order valence-electron chi connectivity index (χ4n) is 5.96. The molecule has 0 radical (unpaired) electrons. The maximum absolute atomic E-state index is 6.72. The van der Waals surface area contributed by atoms with E-state index in [1.54, 1.807) is 0 Å². The zero-order valence-corrected chi connectivity index (χ0v) is 24.6. The van der Waals surface area contributed by atoms with Gasteiger partial charge in [0.05, 0.1) is 0 Å². The van der Waals surface area contributed by atoms with Crippen LogP contribution >= 0.6 is 0 Å². The van der Waals surface area contributed by atoms with E-state index in [1.807, 2.05) is 12.4 Å². The maximum atomic E-state index is 6.72. The minimum Gasteiger partial charge on any atom is -0.482 e. The van der Waals surface area contributed by atoms with Crippen molar-refractivity contribution < 1.29 is 4.74 Å². The summed E-state index contributed by atoms with van der Waals surface area (Å²) in [7, 11) is 0. The molecule has 0 saturated carbocycles. The quantitative estimate of drug-likeness (QED) is 0.155. The van der Waals surface area contributed by atoms with Gasteiger partial charge in [-0.1, -0.05) is 133 Å². The molecular weight excluding hydrogens is 476 g/mol. The van der Waals surface area contributed by atoms with Gasteiger partial charge in [-0.3, -0.25) is 0 Å². The summed E-state index contributed by atoms with van der Waals surface area (Å²) < 4.78 is 6.72. The topological polar surface area (TPSA) is 35.0 Å². The number of fused-ring (bicyclic) bond motifs is 1. The summed E-state index contributed by atoms with van der Waals surface area (Å²) in [6.45, 7) is 4.56. The molecule has 1 aromatic heterocycles.